The Kier molecular flexibility index (Phi) is 5.85. The summed E-state index contributed by atoms with van der Waals surface area (Å²) in [7, 11) is 3.78. The van der Waals surface area contributed by atoms with E-state index in [1.165, 1.54) is 16.2 Å². The van der Waals surface area contributed by atoms with E-state index < -0.39 is 0 Å². The van der Waals surface area contributed by atoms with E-state index in [1.54, 1.807) is 19.3 Å². The van der Waals surface area contributed by atoms with Gasteiger partial charge in [0.25, 0.3) is 5.91 Å². The zero-order chi connectivity index (χ0) is 18.5. The van der Waals surface area contributed by atoms with Gasteiger partial charge in [-0.15, -0.1) is 0 Å². The highest BCUT2D eigenvalue weighted by atomic mass is 16.2. The lowest BCUT2D eigenvalue weighted by Gasteiger charge is -2.38. The quantitative estimate of drug-likeness (QED) is 0.874. The van der Waals surface area contributed by atoms with Crippen LogP contribution in [0.25, 0.3) is 0 Å². The fourth-order valence-electron chi connectivity index (χ4n) is 3.29. The Labute approximate surface area is 154 Å². The number of aryl methyl sites for hydroxylation is 1. The van der Waals surface area contributed by atoms with Crippen molar-refractivity contribution in [3.8, 4) is 0 Å². The van der Waals surface area contributed by atoms with E-state index in [2.05, 4.69) is 34.3 Å². The molecule has 0 spiro atoms. The van der Waals surface area contributed by atoms with Gasteiger partial charge in [0.2, 0.25) is 5.56 Å². The molecule has 1 N–H and O–H groups in total. The first-order chi connectivity index (χ1) is 12.5. The number of carbonyl (C=O) groups is 1. The minimum absolute atomic E-state index is 0.124. The molecule has 0 aliphatic carbocycles. The number of hydrogen-bond acceptors (Lipinski definition) is 4. The van der Waals surface area contributed by atoms with Gasteiger partial charge in [-0.2, -0.15) is 0 Å². The van der Waals surface area contributed by atoms with Gasteiger partial charge in [-0.3, -0.25) is 14.5 Å². The monoisotopic (exact) mass is 354 g/mol. The van der Waals surface area contributed by atoms with Crippen LogP contribution in [0.3, 0.4) is 0 Å². The Hall–Kier alpha value is -2.44. The Balaban J connectivity index is 1.72. The van der Waals surface area contributed by atoms with Gasteiger partial charge in [0.05, 0.1) is 11.6 Å². The zero-order valence-corrected chi connectivity index (χ0v) is 15.4. The summed E-state index contributed by atoms with van der Waals surface area (Å²) in [5.74, 6) is -0.157. The Morgan fingerprint density at radius 3 is 2.38 bits per heavy atom. The number of pyridine rings is 1. The van der Waals surface area contributed by atoms with Gasteiger partial charge in [-0.05, 0) is 18.7 Å². The smallest absolute Gasteiger partial charge is 0.252 e. The second-order valence-electron chi connectivity index (χ2n) is 6.84. The molecule has 2 heterocycles. The number of aromatic nitrogens is 1. The van der Waals surface area contributed by atoms with Gasteiger partial charge in [0.1, 0.15) is 0 Å². The average molecular weight is 354 g/mol. The molecule has 1 aliphatic heterocycles. The number of carbonyl (C=O) groups excluding carboxylic acids is 1. The molecule has 0 bridgehead atoms. The van der Waals surface area contributed by atoms with Gasteiger partial charge >= 0.3 is 0 Å². The van der Waals surface area contributed by atoms with E-state index >= 15 is 0 Å². The van der Waals surface area contributed by atoms with Crippen molar-refractivity contribution in [1.29, 1.82) is 0 Å². The van der Waals surface area contributed by atoms with Crippen LogP contribution in [0.4, 0.5) is 0 Å². The lowest BCUT2D eigenvalue weighted by Crippen LogP contribution is -2.48. The molecule has 2 aromatic rings. The average Bonchev–Trinajstić information content (AvgIpc) is 2.66. The molecule has 138 valence electrons. The van der Waals surface area contributed by atoms with Crippen LogP contribution in [0.2, 0.25) is 0 Å². The third kappa shape index (κ3) is 4.39. The molecule has 1 amide bonds. The lowest BCUT2D eigenvalue weighted by molar-refractivity contribution is 0.0885. The van der Waals surface area contributed by atoms with E-state index in [4.69, 9.17) is 0 Å². The minimum atomic E-state index is -0.157. The van der Waals surface area contributed by atoms with E-state index in [0.29, 0.717) is 12.1 Å². The number of rotatable bonds is 5. The normalized spacial score (nSPS) is 17.0. The molecule has 1 saturated heterocycles. The molecule has 1 aromatic carbocycles. The van der Waals surface area contributed by atoms with Crippen LogP contribution < -0.4 is 10.9 Å². The number of piperazine rings is 1. The molecule has 1 unspecified atom stereocenters. The SMILES string of the molecule is CN1CCN(C(CNC(=O)c2ccc(=O)n(C)c2)c2ccccc2)CC1. The van der Waals surface area contributed by atoms with Crippen LogP contribution in [0, 0.1) is 0 Å². The van der Waals surface area contributed by atoms with Gasteiger partial charge in [0, 0.05) is 52.0 Å². The fraction of sp³-hybridized carbons (Fsp3) is 0.400. The molecule has 0 radical (unpaired) electrons. The molecular weight excluding hydrogens is 328 g/mol. The first-order valence-corrected chi connectivity index (χ1v) is 8.97. The second kappa shape index (κ2) is 8.29. The molecular formula is C20H26N4O2. The summed E-state index contributed by atoms with van der Waals surface area (Å²) in [4.78, 5) is 28.8. The highest BCUT2D eigenvalue weighted by Crippen LogP contribution is 2.21. The molecule has 1 aromatic heterocycles. The molecule has 26 heavy (non-hydrogen) atoms. The first-order valence-electron chi connectivity index (χ1n) is 8.97. The van der Waals surface area contributed by atoms with Crippen molar-refractivity contribution in [1.82, 2.24) is 19.7 Å². The summed E-state index contributed by atoms with van der Waals surface area (Å²) in [6.45, 7) is 4.54. The van der Waals surface area contributed by atoms with Crippen LogP contribution in [-0.2, 0) is 7.05 Å². The van der Waals surface area contributed by atoms with Crippen LogP contribution in [-0.4, -0.2) is 60.0 Å². The van der Waals surface area contributed by atoms with Gasteiger partial charge < -0.3 is 14.8 Å². The summed E-state index contributed by atoms with van der Waals surface area (Å²) in [5, 5.41) is 3.04. The van der Waals surface area contributed by atoms with E-state index in [0.717, 1.165) is 26.2 Å². The number of hydrogen-bond donors (Lipinski definition) is 1. The van der Waals surface area contributed by atoms with Gasteiger partial charge in [0.15, 0.2) is 0 Å². The number of amides is 1. The summed E-state index contributed by atoms with van der Waals surface area (Å²) < 4.78 is 1.42. The van der Waals surface area contributed by atoms with Crippen molar-refractivity contribution in [3.63, 3.8) is 0 Å². The Bertz CT molecular complexity index is 795. The molecule has 6 heteroatoms. The third-order valence-electron chi connectivity index (χ3n) is 4.97. The third-order valence-corrected chi connectivity index (χ3v) is 4.97. The topological polar surface area (TPSA) is 57.6 Å². The maximum absolute atomic E-state index is 12.5. The van der Waals surface area contributed by atoms with E-state index in [9.17, 15) is 9.59 Å². The number of nitrogens with one attached hydrogen (secondary N) is 1. The predicted molar refractivity (Wildman–Crippen MR) is 102 cm³/mol. The van der Waals surface area contributed by atoms with Crippen molar-refractivity contribution < 1.29 is 4.79 Å². The molecule has 1 fully saturated rings. The summed E-state index contributed by atoms with van der Waals surface area (Å²) >= 11 is 0. The van der Waals surface area contributed by atoms with Crippen LogP contribution in [0.15, 0.2) is 53.5 Å². The summed E-state index contributed by atoms with van der Waals surface area (Å²) in [5.41, 5.74) is 1.58. The minimum Gasteiger partial charge on any atom is -0.350 e. The first kappa shape index (κ1) is 18.4. The van der Waals surface area contributed by atoms with Gasteiger partial charge in [-0.1, -0.05) is 30.3 Å². The Morgan fingerprint density at radius 1 is 1.04 bits per heavy atom. The molecule has 1 aliphatic rings. The maximum atomic E-state index is 12.5. The number of benzene rings is 1. The lowest BCUT2D eigenvalue weighted by atomic mass is 10.0. The highest BCUT2D eigenvalue weighted by molar-refractivity contribution is 5.93. The molecule has 1 atom stereocenters. The molecule has 0 saturated carbocycles. The Morgan fingerprint density at radius 2 is 1.73 bits per heavy atom. The van der Waals surface area contributed by atoms with E-state index in [-0.39, 0.29) is 17.5 Å². The highest BCUT2D eigenvalue weighted by Gasteiger charge is 2.24. The fourth-order valence-corrected chi connectivity index (χ4v) is 3.29. The van der Waals surface area contributed by atoms with Crippen molar-refractivity contribution in [2.75, 3.05) is 39.8 Å². The predicted octanol–water partition coefficient (Wildman–Crippen LogP) is 1.10. The zero-order valence-electron chi connectivity index (χ0n) is 15.4. The second-order valence-corrected chi connectivity index (χ2v) is 6.84. The number of likely N-dealkylation sites (N-methyl/N-ethyl adjacent to an activating group) is 1. The summed E-state index contributed by atoms with van der Waals surface area (Å²) in [6, 6.07) is 13.4. The van der Waals surface area contributed by atoms with E-state index in [1.807, 2.05) is 18.2 Å². The van der Waals surface area contributed by atoms with Crippen molar-refractivity contribution in [2.24, 2.45) is 7.05 Å². The van der Waals surface area contributed by atoms with Crippen LogP contribution in [0.5, 0.6) is 0 Å². The molecule has 3 rings (SSSR count). The summed E-state index contributed by atoms with van der Waals surface area (Å²) in [6.07, 6.45) is 1.57. The largest absolute Gasteiger partial charge is 0.350 e. The van der Waals surface area contributed by atoms with Crippen LogP contribution in [0.1, 0.15) is 22.0 Å². The van der Waals surface area contributed by atoms with Crippen LogP contribution >= 0.6 is 0 Å². The van der Waals surface area contributed by atoms with Crippen molar-refractivity contribution >= 4 is 5.91 Å². The number of nitrogens with zero attached hydrogens (tertiary/aromatic N) is 3. The van der Waals surface area contributed by atoms with Gasteiger partial charge in [-0.25, -0.2) is 0 Å². The van der Waals surface area contributed by atoms with Crippen molar-refractivity contribution in [3.05, 3.63) is 70.1 Å². The maximum Gasteiger partial charge on any atom is 0.252 e. The molecule has 6 nitrogen and oxygen atoms in total. The standard InChI is InChI=1S/C20H26N4O2/c1-22-10-12-24(13-11-22)18(16-6-4-3-5-7-16)14-21-20(26)17-8-9-19(25)23(2)15-17/h3-9,15,18H,10-14H2,1-2H3,(H,21,26). The van der Waals surface area contributed by atoms with Crippen molar-refractivity contribution in [2.45, 2.75) is 6.04 Å².